The third-order valence-electron chi connectivity index (χ3n) is 2.87. The van der Waals surface area contributed by atoms with Crippen molar-refractivity contribution >= 4 is 29.0 Å². The molecule has 0 atom stereocenters. The van der Waals surface area contributed by atoms with Gasteiger partial charge in [-0.3, -0.25) is 4.79 Å². The van der Waals surface area contributed by atoms with E-state index in [-0.39, 0.29) is 5.91 Å². The van der Waals surface area contributed by atoms with Crippen molar-refractivity contribution in [3.8, 4) is 0 Å². The first-order valence-corrected chi connectivity index (χ1v) is 7.04. The summed E-state index contributed by atoms with van der Waals surface area (Å²) in [6.45, 7) is 6.08. The fourth-order valence-corrected chi connectivity index (χ4v) is 2.70. The van der Waals surface area contributed by atoms with Crippen LogP contribution in [0.15, 0.2) is 35.7 Å². The molecule has 2 aromatic rings. The minimum absolute atomic E-state index is 0.0940. The molecule has 3 heteroatoms. The van der Waals surface area contributed by atoms with Crippen molar-refractivity contribution < 1.29 is 4.79 Å². The van der Waals surface area contributed by atoms with Crippen LogP contribution < -0.4 is 5.32 Å². The van der Waals surface area contributed by atoms with E-state index in [9.17, 15) is 4.79 Å². The fourth-order valence-electron chi connectivity index (χ4n) is 2.09. The van der Waals surface area contributed by atoms with Crippen LogP contribution in [0.4, 0.5) is 5.69 Å². The van der Waals surface area contributed by atoms with Gasteiger partial charge in [0.25, 0.3) is 0 Å². The van der Waals surface area contributed by atoms with Crippen LogP contribution in [0.25, 0.3) is 6.08 Å². The molecule has 0 aliphatic rings. The SMILES string of the molecule is Cc1cc(C)c(NC(=O)/C=C/c2cccs2)c(C)c1. The molecule has 0 fully saturated rings. The van der Waals surface area contributed by atoms with Crippen LogP contribution in [0.1, 0.15) is 21.6 Å². The lowest BCUT2D eigenvalue weighted by Gasteiger charge is -2.11. The van der Waals surface area contributed by atoms with Crippen molar-refractivity contribution in [2.45, 2.75) is 20.8 Å². The van der Waals surface area contributed by atoms with Crippen molar-refractivity contribution in [1.29, 1.82) is 0 Å². The summed E-state index contributed by atoms with van der Waals surface area (Å²) in [6, 6.07) is 8.10. The largest absolute Gasteiger partial charge is 0.322 e. The second-order valence-corrected chi connectivity index (χ2v) is 5.59. The Morgan fingerprint density at radius 1 is 1.21 bits per heavy atom. The molecule has 0 saturated carbocycles. The Kier molecular flexibility index (Phi) is 4.17. The number of aryl methyl sites for hydroxylation is 3. The van der Waals surface area contributed by atoms with Crippen molar-refractivity contribution in [1.82, 2.24) is 0 Å². The molecular formula is C16H17NOS. The number of rotatable bonds is 3. The number of carbonyl (C=O) groups excluding carboxylic acids is 1. The van der Waals surface area contributed by atoms with E-state index in [2.05, 4.69) is 24.4 Å². The summed E-state index contributed by atoms with van der Waals surface area (Å²) in [6.07, 6.45) is 3.41. The minimum atomic E-state index is -0.0940. The maximum Gasteiger partial charge on any atom is 0.248 e. The molecule has 1 aromatic carbocycles. The summed E-state index contributed by atoms with van der Waals surface area (Å²) >= 11 is 1.61. The Morgan fingerprint density at radius 3 is 2.47 bits per heavy atom. The van der Waals surface area contributed by atoms with Gasteiger partial charge in [0.15, 0.2) is 0 Å². The summed E-state index contributed by atoms with van der Waals surface area (Å²) in [4.78, 5) is 13.0. The number of hydrogen-bond acceptors (Lipinski definition) is 2. The first-order chi connectivity index (χ1) is 9.06. The average molecular weight is 271 g/mol. The zero-order valence-corrected chi connectivity index (χ0v) is 12.2. The highest BCUT2D eigenvalue weighted by Gasteiger charge is 2.05. The Labute approximate surface area is 117 Å². The van der Waals surface area contributed by atoms with Crippen molar-refractivity contribution in [2.24, 2.45) is 0 Å². The zero-order chi connectivity index (χ0) is 13.8. The molecule has 0 unspecified atom stereocenters. The third-order valence-corrected chi connectivity index (χ3v) is 3.70. The lowest BCUT2D eigenvalue weighted by molar-refractivity contribution is -0.111. The number of carbonyl (C=O) groups is 1. The molecule has 0 spiro atoms. The second-order valence-electron chi connectivity index (χ2n) is 4.61. The van der Waals surface area contributed by atoms with Crippen LogP contribution in [0, 0.1) is 20.8 Å². The highest BCUT2D eigenvalue weighted by atomic mass is 32.1. The Hall–Kier alpha value is -1.87. The van der Waals surface area contributed by atoms with Crippen molar-refractivity contribution in [3.63, 3.8) is 0 Å². The van der Waals surface area contributed by atoms with Gasteiger partial charge in [0.2, 0.25) is 5.91 Å². The maximum absolute atomic E-state index is 11.9. The van der Waals surface area contributed by atoms with Gasteiger partial charge in [-0.1, -0.05) is 23.8 Å². The summed E-state index contributed by atoms with van der Waals surface area (Å²) < 4.78 is 0. The number of benzene rings is 1. The summed E-state index contributed by atoms with van der Waals surface area (Å²) in [5.74, 6) is -0.0940. The van der Waals surface area contributed by atoms with Gasteiger partial charge >= 0.3 is 0 Å². The Morgan fingerprint density at radius 2 is 1.89 bits per heavy atom. The van der Waals surface area contributed by atoms with E-state index < -0.39 is 0 Å². The number of anilines is 1. The zero-order valence-electron chi connectivity index (χ0n) is 11.4. The summed E-state index contributed by atoms with van der Waals surface area (Å²) in [5, 5.41) is 4.94. The predicted molar refractivity (Wildman–Crippen MR) is 82.6 cm³/mol. The van der Waals surface area contributed by atoms with E-state index >= 15 is 0 Å². The van der Waals surface area contributed by atoms with Crippen LogP contribution in [0.5, 0.6) is 0 Å². The second kappa shape index (κ2) is 5.85. The van der Waals surface area contributed by atoms with Crippen LogP contribution >= 0.6 is 11.3 Å². The molecule has 0 bridgehead atoms. The highest BCUT2D eigenvalue weighted by molar-refractivity contribution is 7.10. The van der Waals surface area contributed by atoms with Crippen LogP contribution in [-0.2, 0) is 4.79 Å². The van der Waals surface area contributed by atoms with Gasteiger partial charge in [0.05, 0.1) is 0 Å². The first kappa shape index (κ1) is 13.6. The smallest absolute Gasteiger partial charge is 0.248 e. The molecule has 1 heterocycles. The van der Waals surface area contributed by atoms with Gasteiger partial charge in [-0.15, -0.1) is 11.3 Å². The standard InChI is InChI=1S/C16H17NOS/c1-11-9-12(2)16(13(3)10-11)17-15(18)7-6-14-5-4-8-19-14/h4-10H,1-3H3,(H,17,18)/b7-6+. The maximum atomic E-state index is 11.9. The van der Waals surface area contributed by atoms with Gasteiger partial charge in [0, 0.05) is 16.6 Å². The van der Waals surface area contributed by atoms with Gasteiger partial charge < -0.3 is 5.32 Å². The molecule has 1 aromatic heterocycles. The van der Waals surface area contributed by atoms with Crippen LogP contribution in [-0.4, -0.2) is 5.91 Å². The Balaban J connectivity index is 2.11. The number of thiophene rings is 1. The van der Waals surface area contributed by atoms with Gasteiger partial charge in [-0.2, -0.15) is 0 Å². The van der Waals surface area contributed by atoms with E-state index in [0.717, 1.165) is 21.7 Å². The third kappa shape index (κ3) is 3.55. The molecule has 0 saturated heterocycles. The average Bonchev–Trinajstić information content (AvgIpc) is 2.84. The summed E-state index contributed by atoms with van der Waals surface area (Å²) in [5.41, 5.74) is 4.30. The lowest BCUT2D eigenvalue weighted by atomic mass is 10.1. The Bertz CT molecular complexity index is 589. The van der Waals surface area contributed by atoms with Crippen molar-refractivity contribution in [2.75, 3.05) is 5.32 Å². The molecular weight excluding hydrogens is 254 g/mol. The van der Waals surface area contributed by atoms with Crippen molar-refractivity contribution in [3.05, 3.63) is 57.3 Å². The quantitative estimate of drug-likeness (QED) is 0.827. The molecule has 0 aliphatic heterocycles. The van der Waals surface area contributed by atoms with Crippen LogP contribution in [0.3, 0.4) is 0 Å². The van der Waals surface area contributed by atoms with E-state index in [1.54, 1.807) is 17.4 Å². The number of amides is 1. The lowest BCUT2D eigenvalue weighted by Crippen LogP contribution is -2.10. The van der Waals surface area contributed by atoms with Gasteiger partial charge in [-0.25, -0.2) is 0 Å². The molecule has 19 heavy (non-hydrogen) atoms. The van der Waals surface area contributed by atoms with E-state index in [4.69, 9.17) is 0 Å². The predicted octanol–water partition coefficient (Wildman–Crippen LogP) is 4.33. The van der Waals surface area contributed by atoms with E-state index in [1.807, 2.05) is 37.4 Å². The van der Waals surface area contributed by atoms with Crippen LogP contribution in [0.2, 0.25) is 0 Å². The molecule has 1 amide bonds. The molecule has 0 radical (unpaired) electrons. The molecule has 2 rings (SSSR count). The van der Waals surface area contributed by atoms with Gasteiger partial charge in [-0.05, 0) is 49.4 Å². The molecule has 0 aliphatic carbocycles. The number of hydrogen-bond donors (Lipinski definition) is 1. The van der Waals surface area contributed by atoms with E-state index in [1.165, 1.54) is 5.56 Å². The van der Waals surface area contributed by atoms with E-state index in [0.29, 0.717) is 0 Å². The summed E-state index contributed by atoms with van der Waals surface area (Å²) in [7, 11) is 0. The monoisotopic (exact) mass is 271 g/mol. The molecule has 1 N–H and O–H groups in total. The highest BCUT2D eigenvalue weighted by Crippen LogP contribution is 2.22. The molecule has 98 valence electrons. The minimum Gasteiger partial charge on any atom is -0.322 e. The first-order valence-electron chi connectivity index (χ1n) is 6.16. The molecule has 2 nitrogen and oxygen atoms in total. The topological polar surface area (TPSA) is 29.1 Å². The fraction of sp³-hybridized carbons (Fsp3) is 0.188. The number of nitrogens with one attached hydrogen (secondary N) is 1. The van der Waals surface area contributed by atoms with Gasteiger partial charge in [0.1, 0.15) is 0 Å². The normalized spacial score (nSPS) is 10.9.